The SMILES string of the molecule is O=S(=O)(c1cccc(Cl)c1)N1CCCC2CNCC21. The van der Waals surface area contributed by atoms with Crippen LogP contribution in [0.3, 0.4) is 0 Å². The summed E-state index contributed by atoms with van der Waals surface area (Å²) in [6.07, 6.45) is 2.04. The fourth-order valence-electron chi connectivity index (χ4n) is 3.09. The molecule has 0 aromatic heterocycles. The molecule has 3 rings (SSSR count). The minimum absolute atomic E-state index is 0.0951. The van der Waals surface area contributed by atoms with Gasteiger partial charge in [-0.2, -0.15) is 4.31 Å². The summed E-state index contributed by atoms with van der Waals surface area (Å²) in [5.74, 6) is 0.447. The number of hydrogen-bond donors (Lipinski definition) is 1. The fourth-order valence-corrected chi connectivity index (χ4v) is 5.11. The van der Waals surface area contributed by atoms with E-state index in [-0.39, 0.29) is 6.04 Å². The third kappa shape index (κ3) is 2.40. The maximum atomic E-state index is 12.7. The number of halogens is 1. The maximum absolute atomic E-state index is 12.7. The molecule has 0 bridgehead atoms. The Bertz CT molecular complexity index is 576. The first-order valence-corrected chi connectivity index (χ1v) is 8.39. The molecule has 0 radical (unpaired) electrons. The molecule has 0 saturated carbocycles. The van der Waals surface area contributed by atoms with Gasteiger partial charge < -0.3 is 5.32 Å². The van der Waals surface area contributed by atoms with Gasteiger partial charge in [-0.3, -0.25) is 0 Å². The van der Waals surface area contributed by atoms with Crippen molar-refractivity contribution < 1.29 is 8.42 Å². The lowest BCUT2D eigenvalue weighted by Gasteiger charge is -2.35. The highest BCUT2D eigenvalue weighted by molar-refractivity contribution is 7.89. The zero-order chi connectivity index (χ0) is 13.5. The number of sulfonamides is 1. The van der Waals surface area contributed by atoms with Crippen LogP contribution in [0, 0.1) is 5.92 Å². The van der Waals surface area contributed by atoms with Crippen molar-refractivity contribution in [1.82, 2.24) is 9.62 Å². The lowest BCUT2D eigenvalue weighted by molar-refractivity contribution is 0.217. The average molecular weight is 301 g/mol. The van der Waals surface area contributed by atoms with Crippen molar-refractivity contribution >= 4 is 21.6 Å². The topological polar surface area (TPSA) is 49.4 Å². The zero-order valence-electron chi connectivity index (χ0n) is 10.5. The molecule has 4 nitrogen and oxygen atoms in total. The molecule has 2 unspecified atom stereocenters. The smallest absolute Gasteiger partial charge is 0.243 e. The number of nitrogens with one attached hydrogen (secondary N) is 1. The van der Waals surface area contributed by atoms with Crippen LogP contribution < -0.4 is 5.32 Å². The van der Waals surface area contributed by atoms with Crippen LogP contribution >= 0.6 is 11.6 Å². The molecule has 1 N–H and O–H groups in total. The highest BCUT2D eigenvalue weighted by Crippen LogP contribution is 2.31. The van der Waals surface area contributed by atoms with Crippen molar-refractivity contribution in [1.29, 1.82) is 0 Å². The van der Waals surface area contributed by atoms with Crippen molar-refractivity contribution in [2.75, 3.05) is 19.6 Å². The van der Waals surface area contributed by atoms with Gasteiger partial charge in [-0.1, -0.05) is 17.7 Å². The molecule has 2 aliphatic rings. The molecule has 1 aromatic rings. The zero-order valence-corrected chi connectivity index (χ0v) is 12.1. The van der Waals surface area contributed by atoms with Crippen molar-refractivity contribution in [3.63, 3.8) is 0 Å². The summed E-state index contributed by atoms with van der Waals surface area (Å²) in [6, 6.07) is 6.62. The van der Waals surface area contributed by atoms with Gasteiger partial charge in [-0.15, -0.1) is 0 Å². The van der Waals surface area contributed by atoms with Gasteiger partial charge in [-0.25, -0.2) is 8.42 Å². The predicted molar refractivity (Wildman–Crippen MR) is 74.7 cm³/mol. The Kier molecular flexibility index (Phi) is 3.55. The van der Waals surface area contributed by atoms with E-state index >= 15 is 0 Å². The van der Waals surface area contributed by atoms with E-state index in [1.54, 1.807) is 22.5 Å². The predicted octanol–water partition coefficient (Wildman–Crippen LogP) is 1.71. The summed E-state index contributed by atoms with van der Waals surface area (Å²) in [5, 5.41) is 3.75. The molecule has 2 saturated heterocycles. The van der Waals surface area contributed by atoms with E-state index in [0.29, 0.717) is 22.4 Å². The van der Waals surface area contributed by atoms with E-state index in [1.807, 2.05) is 0 Å². The highest BCUT2D eigenvalue weighted by Gasteiger charge is 2.41. The first kappa shape index (κ1) is 13.4. The Hall–Kier alpha value is -0.620. The number of piperidine rings is 1. The molecule has 1 aromatic carbocycles. The van der Waals surface area contributed by atoms with Crippen LogP contribution in [-0.4, -0.2) is 38.4 Å². The van der Waals surface area contributed by atoms with Crippen molar-refractivity contribution in [2.45, 2.75) is 23.8 Å². The van der Waals surface area contributed by atoms with E-state index in [1.165, 1.54) is 6.07 Å². The van der Waals surface area contributed by atoms with Crippen LogP contribution in [0.15, 0.2) is 29.2 Å². The molecule has 0 spiro atoms. The van der Waals surface area contributed by atoms with Crippen LogP contribution in [-0.2, 0) is 10.0 Å². The first-order valence-electron chi connectivity index (χ1n) is 6.57. The molecule has 6 heteroatoms. The Morgan fingerprint density at radius 2 is 2.16 bits per heavy atom. The van der Waals surface area contributed by atoms with Gasteiger partial charge >= 0.3 is 0 Å². The van der Waals surface area contributed by atoms with Crippen molar-refractivity contribution in [3.8, 4) is 0 Å². The number of nitrogens with zero attached hydrogens (tertiary/aromatic N) is 1. The van der Waals surface area contributed by atoms with Crippen LogP contribution in [0.5, 0.6) is 0 Å². The Balaban J connectivity index is 1.95. The average Bonchev–Trinajstić information content (AvgIpc) is 2.86. The van der Waals surface area contributed by atoms with Gasteiger partial charge in [0.1, 0.15) is 0 Å². The standard InChI is InChI=1S/C13H17ClN2O2S/c14-11-4-1-5-12(7-11)19(17,18)16-6-2-3-10-8-15-9-13(10)16/h1,4-5,7,10,13,15H,2-3,6,8-9H2. The molecule has 2 fully saturated rings. The Morgan fingerprint density at radius 3 is 2.95 bits per heavy atom. The van der Waals surface area contributed by atoms with E-state index in [9.17, 15) is 8.42 Å². The Morgan fingerprint density at radius 1 is 1.32 bits per heavy atom. The van der Waals surface area contributed by atoms with Gasteiger partial charge in [0, 0.05) is 24.2 Å². The van der Waals surface area contributed by atoms with Crippen molar-refractivity contribution in [2.24, 2.45) is 5.92 Å². The monoisotopic (exact) mass is 300 g/mol. The number of hydrogen-bond acceptors (Lipinski definition) is 3. The van der Waals surface area contributed by atoms with Gasteiger partial charge in [0.15, 0.2) is 0 Å². The van der Waals surface area contributed by atoms with Gasteiger partial charge in [-0.05, 0) is 43.5 Å². The van der Waals surface area contributed by atoms with Gasteiger partial charge in [0.25, 0.3) is 0 Å². The second kappa shape index (κ2) is 5.05. The molecule has 19 heavy (non-hydrogen) atoms. The molecular formula is C13H17ClN2O2S. The summed E-state index contributed by atoms with van der Waals surface area (Å²) in [5.41, 5.74) is 0. The molecule has 2 heterocycles. The van der Waals surface area contributed by atoms with Crippen molar-refractivity contribution in [3.05, 3.63) is 29.3 Å². The summed E-state index contributed by atoms with van der Waals surface area (Å²) in [7, 11) is -3.43. The summed E-state index contributed by atoms with van der Waals surface area (Å²) in [4.78, 5) is 0.299. The normalized spacial score (nSPS) is 28.3. The Labute approximate surface area is 118 Å². The summed E-state index contributed by atoms with van der Waals surface area (Å²) in [6.45, 7) is 2.29. The number of benzene rings is 1. The minimum atomic E-state index is -3.43. The fraction of sp³-hybridized carbons (Fsp3) is 0.538. The van der Waals surface area contributed by atoms with Crippen LogP contribution in [0.4, 0.5) is 0 Å². The van der Waals surface area contributed by atoms with Crippen LogP contribution in [0.25, 0.3) is 0 Å². The number of rotatable bonds is 2. The second-order valence-corrected chi connectivity index (χ2v) is 7.53. The third-order valence-electron chi connectivity index (χ3n) is 4.03. The van der Waals surface area contributed by atoms with Gasteiger partial charge in [0.2, 0.25) is 10.0 Å². The second-order valence-electron chi connectivity index (χ2n) is 5.20. The van der Waals surface area contributed by atoms with E-state index in [4.69, 9.17) is 11.6 Å². The molecule has 104 valence electrons. The van der Waals surface area contributed by atoms with E-state index in [2.05, 4.69) is 5.32 Å². The van der Waals surface area contributed by atoms with E-state index < -0.39 is 10.0 Å². The molecule has 2 atom stereocenters. The molecule has 2 aliphatic heterocycles. The summed E-state index contributed by atoms with van der Waals surface area (Å²) >= 11 is 5.91. The third-order valence-corrected chi connectivity index (χ3v) is 6.19. The maximum Gasteiger partial charge on any atom is 0.243 e. The quantitative estimate of drug-likeness (QED) is 0.904. The molecule has 0 aliphatic carbocycles. The highest BCUT2D eigenvalue weighted by atomic mass is 35.5. The first-order chi connectivity index (χ1) is 9.09. The lowest BCUT2D eigenvalue weighted by atomic mass is 9.94. The summed E-state index contributed by atoms with van der Waals surface area (Å²) < 4.78 is 27.1. The van der Waals surface area contributed by atoms with E-state index in [0.717, 1.165) is 25.9 Å². The number of fused-ring (bicyclic) bond motifs is 1. The van der Waals surface area contributed by atoms with Crippen LogP contribution in [0.1, 0.15) is 12.8 Å². The largest absolute Gasteiger partial charge is 0.315 e. The molecule has 0 amide bonds. The minimum Gasteiger partial charge on any atom is -0.315 e. The van der Waals surface area contributed by atoms with Gasteiger partial charge in [0.05, 0.1) is 4.90 Å². The lowest BCUT2D eigenvalue weighted by Crippen LogP contribution is -2.48. The van der Waals surface area contributed by atoms with Crippen LogP contribution in [0.2, 0.25) is 5.02 Å². The molecular weight excluding hydrogens is 284 g/mol.